The average molecular weight is 279 g/mol. The van der Waals surface area contributed by atoms with Gasteiger partial charge >= 0.3 is 0 Å². The summed E-state index contributed by atoms with van der Waals surface area (Å²) in [5.74, 6) is -0.292. The van der Waals surface area contributed by atoms with E-state index in [2.05, 4.69) is 11.4 Å². The van der Waals surface area contributed by atoms with E-state index in [0.717, 1.165) is 12.0 Å². The largest absolute Gasteiger partial charge is 0.395 e. The second-order valence-corrected chi connectivity index (χ2v) is 5.56. The topological polar surface area (TPSA) is 46.2 Å². The minimum Gasteiger partial charge on any atom is -0.395 e. The molecule has 1 heterocycles. The summed E-state index contributed by atoms with van der Waals surface area (Å²) >= 11 is 1.65. The van der Waals surface area contributed by atoms with Gasteiger partial charge in [-0.05, 0) is 52.9 Å². The van der Waals surface area contributed by atoms with Gasteiger partial charge in [0.25, 0.3) is 0 Å². The predicted octanol–water partition coefficient (Wildman–Crippen LogP) is 2.71. The Balaban J connectivity index is 2.21. The maximum absolute atomic E-state index is 13.4. The number of aryl methyl sites for hydroxylation is 1. The van der Waals surface area contributed by atoms with Gasteiger partial charge in [0.1, 0.15) is 5.82 Å². The highest BCUT2D eigenvalue weighted by atomic mass is 32.1. The van der Waals surface area contributed by atoms with Gasteiger partial charge in [-0.3, -0.25) is 0 Å². The van der Waals surface area contributed by atoms with Crippen LogP contribution in [0.1, 0.15) is 17.5 Å². The Morgan fingerprint density at radius 3 is 2.74 bits per heavy atom. The number of rotatable bonds is 6. The molecule has 0 amide bonds. The molecule has 1 aromatic carbocycles. The Morgan fingerprint density at radius 1 is 1.32 bits per heavy atom. The molecule has 0 saturated heterocycles. The monoisotopic (exact) mass is 279 g/mol. The second-order valence-electron chi connectivity index (χ2n) is 4.78. The van der Waals surface area contributed by atoms with E-state index in [-0.39, 0.29) is 12.4 Å². The van der Waals surface area contributed by atoms with Crippen molar-refractivity contribution in [3.8, 4) is 0 Å². The zero-order valence-electron chi connectivity index (χ0n) is 10.7. The lowest BCUT2D eigenvalue weighted by Gasteiger charge is -2.31. The van der Waals surface area contributed by atoms with Crippen LogP contribution in [0.25, 0.3) is 0 Å². The van der Waals surface area contributed by atoms with Crippen LogP contribution in [0.4, 0.5) is 4.39 Å². The van der Waals surface area contributed by atoms with Crippen LogP contribution in [-0.4, -0.2) is 18.3 Å². The molecule has 2 nitrogen and oxygen atoms in total. The minimum absolute atomic E-state index is 0.0723. The Kier molecular flexibility index (Phi) is 4.69. The van der Waals surface area contributed by atoms with Crippen LogP contribution in [0.2, 0.25) is 0 Å². The lowest BCUT2D eigenvalue weighted by Crippen LogP contribution is -2.39. The molecule has 19 heavy (non-hydrogen) atoms. The molecule has 1 atom stereocenters. The lowest BCUT2D eigenvalue weighted by molar-refractivity contribution is 0.188. The van der Waals surface area contributed by atoms with Gasteiger partial charge in [0, 0.05) is 12.0 Å². The normalized spacial score (nSPS) is 14.3. The van der Waals surface area contributed by atoms with Gasteiger partial charge in [-0.2, -0.15) is 11.3 Å². The average Bonchev–Trinajstić information content (AvgIpc) is 2.94. The number of hydrogen-bond acceptors (Lipinski definition) is 3. The standard InChI is InChI=1S/C15H18FNOS/c16-14-3-1-2-13(8-14)15(10-17,11-18)6-4-12-5-7-19-9-12/h1-3,5,7-9,18H,4,6,10-11,17H2. The number of aliphatic hydroxyl groups is 1. The molecule has 0 aliphatic heterocycles. The molecule has 0 spiro atoms. The van der Waals surface area contributed by atoms with E-state index in [1.54, 1.807) is 17.4 Å². The van der Waals surface area contributed by atoms with Crippen LogP contribution < -0.4 is 5.73 Å². The lowest BCUT2D eigenvalue weighted by atomic mass is 9.77. The van der Waals surface area contributed by atoms with Crippen LogP contribution in [0.15, 0.2) is 41.1 Å². The molecule has 4 heteroatoms. The van der Waals surface area contributed by atoms with E-state index in [1.807, 2.05) is 11.4 Å². The van der Waals surface area contributed by atoms with E-state index in [9.17, 15) is 9.50 Å². The summed E-state index contributed by atoms with van der Waals surface area (Å²) < 4.78 is 13.4. The van der Waals surface area contributed by atoms with Gasteiger partial charge in [0.2, 0.25) is 0 Å². The van der Waals surface area contributed by atoms with E-state index >= 15 is 0 Å². The van der Waals surface area contributed by atoms with E-state index in [1.165, 1.54) is 17.7 Å². The first-order chi connectivity index (χ1) is 9.20. The van der Waals surface area contributed by atoms with Gasteiger partial charge in [-0.15, -0.1) is 0 Å². The SMILES string of the molecule is NCC(CO)(CCc1ccsc1)c1cccc(F)c1. The summed E-state index contributed by atoms with van der Waals surface area (Å²) in [4.78, 5) is 0. The zero-order valence-corrected chi connectivity index (χ0v) is 11.5. The zero-order chi connectivity index (χ0) is 13.7. The third-order valence-electron chi connectivity index (χ3n) is 3.60. The molecule has 102 valence electrons. The minimum atomic E-state index is -0.565. The van der Waals surface area contributed by atoms with Gasteiger partial charge in [0.15, 0.2) is 0 Å². The van der Waals surface area contributed by atoms with Crippen LogP contribution in [-0.2, 0) is 11.8 Å². The quantitative estimate of drug-likeness (QED) is 0.854. The van der Waals surface area contributed by atoms with Crippen molar-refractivity contribution in [1.29, 1.82) is 0 Å². The van der Waals surface area contributed by atoms with Gasteiger partial charge in [-0.25, -0.2) is 4.39 Å². The van der Waals surface area contributed by atoms with E-state index in [4.69, 9.17) is 5.73 Å². The summed E-state index contributed by atoms with van der Waals surface area (Å²) in [6.07, 6.45) is 1.54. The molecule has 0 aliphatic rings. The van der Waals surface area contributed by atoms with Gasteiger partial charge < -0.3 is 10.8 Å². The van der Waals surface area contributed by atoms with Crippen LogP contribution in [0.5, 0.6) is 0 Å². The van der Waals surface area contributed by atoms with Crippen molar-refractivity contribution in [2.75, 3.05) is 13.2 Å². The molecule has 0 fully saturated rings. The Hall–Kier alpha value is -1.23. The van der Waals surface area contributed by atoms with Crippen molar-refractivity contribution in [1.82, 2.24) is 0 Å². The molecule has 1 aromatic heterocycles. The molecule has 1 unspecified atom stereocenters. The number of thiophene rings is 1. The highest BCUT2D eigenvalue weighted by molar-refractivity contribution is 7.07. The van der Waals surface area contributed by atoms with Crippen molar-refractivity contribution in [2.24, 2.45) is 5.73 Å². The Morgan fingerprint density at radius 2 is 2.16 bits per heavy atom. The van der Waals surface area contributed by atoms with Gasteiger partial charge in [-0.1, -0.05) is 12.1 Å². The highest BCUT2D eigenvalue weighted by Gasteiger charge is 2.30. The smallest absolute Gasteiger partial charge is 0.123 e. The summed E-state index contributed by atoms with van der Waals surface area (Å²) in [5, 5.41) is 13.9. The highest BCUT2D eigenvalue weighted by Crippen LogP contribution is 2.29. The van der Waals surface area contributed by atoms with E-state index < -0.39 is 5.41 Å². The number of aliphatic hydroxyl groups excluding tert-OH is 1. The fraction of sp³-hybridized carbons (Fsp3) is 0.333. The van der Waals surface area contributed by atoms with Crippen molar-refractivity contribution in [3.63, 3.8) is 0 Å². The first-order valence-electron chi connectivity index (χ1n) is 6.28. The molecular formula is C15H18FNOS. The van der Waals surface area contributed by atoms with Crippen molar-refractivity contribution < 1.29 is 9.50 Å². The van der Waals surface area contributed by atoms with Crippen molar-refractivity contribution in [2.45, 2.75) is 18.3 Å². The molecule has 0 aliphatic carbocycles. The number of benzene rings is 1. The summed E-state index contributed by atoms with van der Waals surface area (Å²) in [5.41, 5.74) is 7.29. The third-order valence-corrected chi connectivity index (χ3v) is 4.33. The molecule has 2 rings (SSSR count). The van der Waals surface area contributed by atoms with Crippen LogP contribution in [0, 0.1) is 5.82 Å². The molecule has 0 bridgehead atoms. The van der Waals surface area contributed by atoms with Crippen molar-refractivity contribution in [3.05, 3.63) is 58.0 Å². The maximum atomic E-state index is 13.4. The predicted molar refractivity (Wildman–Crippen MR) is 76.9 cm³/mol. The molecule has 3 N–H and O–H groups in total. The Bertz CT molecular complexity index is 509. The van der Waals surface area contributed by atoms with Crippen LogP contribution >= 0.6 is 11.3 Å². The summed E-state index contributed by atoms with van der Waals surface area (Å²) in [6, 6.07) is 8.43. The molecule has 2 aromatic rings. The molecule has 0 radical (unpaired) electrons. The number of nitrogens with two attached hydrogens (primary N) is 1. The fourth-order valence-corrected chi connectivity index (χ4v) is 2.94. The first-order valence-corrected chi connectivity index (χ1v) is 7.22. The number of halogens is 1. The molecular weight excluding hydrogens is 261 g/mol. The molecule has 0 saturated carbocycles. The van der Waals surface area contributed by atoms with E-state index in [0.29, 0.717) is 13.0 Å². The summed E-state index contributed by atoms with van der Waals surface area (Å²) in [6.45, 7) is 0.230. The summed E-state index contributed by atoms with van der Waals surface area (Å²) in [7, 11) is 0. The third kappa shape index (κ3) is 3.21. The maximum Gasteiger partial charge on any atom is 0.123 e. The van der Waals surface area contributed by atoms with Crippen molar-refractivity contribution >= 4 is 11.3 Å². The second kappa shape index (κ2) is 6.28. The van der Waals surface area contributed by atoms with Gasteiger partial charge in [0.05, 0.1) is 6.61 Å². The Labute approximate surface area is 116 Å². The fourth-order valence-electron chi connectivity index (χ4n) is 2.24. The first kappa shape index (κ1) is 14.2. The van der Waals surface area contributed by atoms with Crippen LogP contribution in [0.3, 0.4) is 0 Å². The number of hydrogen-bond donors (Lipinski definition) is 2.